The molecule has 0 heterocycles. The molecule has 0 unspecified atom stereocenters. The number of carbonyl (C=O) groups is 1. The number of ether oxygens (including phenoxy) is 1. The van der Waals surface area contributed by atoms with Gasteiger partial charge in [0.15, 0.2) is 0 Å². The number of halogens is 3. The fraction of sp³-hybridized carbons (Fsp3) is 0.133. The van der Waals surface area contributed by atoms with Gasteiger partial charge in [-0.1, -0.05) is 12.1 Å². The summed E-state index contributed by atoms with van der Waals surface area (Å²) in [6.45, 7) is 1.78. The van der Waals surface area contributed by atoms with Gasteiger partial charge in [0.05, 0.1) is 11.1 Å². The minimum atomic E-state index is -4.49. The van der Waals surface area contributed by atoms with Crippen LogP contribution in [0.1, 0.15) is 21.5 Å². The smallest absolute Gasteiger partial charge is 0.416 e. The zero-order valence-electron chi connectivity index (χ0n) is 11.1. The number of nitrogen functional groups attached to an aromatic ring is 1. The van der Waals surface area contributed by atoms with Gasteiger partial charge in [-0.15, -0.1) is 0 Å². The Balaban J connectivity index is 2.21. The lowest BCUT2D eigenvalue weighted by Crippen LogP contribution is -2.10. The van der Waals surface area contributed by atoms with Crippen molar-refractivity contribution in [3.05, 3.63) is 59.2 Å². The second kappa shape index (κ2) is 5.47. The molecule has 0 bridgehead atoms. The second-order valence-electron chi connectivity index (χ2n) is 4.49. The van der Waals surface area contributed by atoms with E-state index in [1.807, 2.05) is 0 Å². The Morgan fingerprint density at radius 3 is 2.48 bits per heavy atom. The van der Waals surface area contributed by atoms with Crippen LogP contribution in [0.2, 0.25) is 0 Å². The first-order valence-corrected chi connectivity index (χ1v) is 6.03. The van der Waals surface area contributed by atoms with Crippen LogP contribution in [0.15, 0.2) is 42.5 Å². The van der Waals surface area contributed by atoms with Gasteiger partial charge in [0.25, 0.3) is 0 Å². The minimum Gasteiger partial charge on any atom is -0.423 e. The molecule has 0 saturated carbocycles. The molecule has 2 N–H and O–H groups in total. The molecule has 0 radical (unpaired) electrons. The van der Waals surface area contributed by atoms with Gasteiger partial charge in [-0.05, 0) is 42.8 Å². The molecular weight excluding hydrogens is 283 g/mol. The third-order valence-corrected chi connectivity index (χ3v) is 2.89. The predicted molar refractivity (Wildman–Crippen MR) is 72.0 cm³/mol. The molecule has 2 aromatic rings. The molecule has 0 aliphatic rings. The first-order valence-electron chi connectivity index (χ1n) is 6.03. The van der Waals surface area contributed by atoms with Crippen molar-refractivity contribution in [3.63, 3.8) is 0 Å². The summed E-state index contributed by atoms with van der Waals surface area (Å²) >= 11 is 0. The molecule has 0 atom stereocenters. The molecule has 6 heteroatoms. The van der Waals surface area contributed by atoms with E-state index in [1.54, 1.807) is 13.0 Å². The van der Waals surface area contributed by atoms with E-state index in [9.17, 15) is 18.0 Å². The molecule has 0 aliphatic carbocycles. The molecule has 0 saturated heterocycles. The van der Waals surface area contributed by atoms with E-state index in [4.69, 9.17) is 10.5 Å². The summed E-state index contributed by atoms with van der Waals surface area (Å²) in [5.74, 6) is -0.935. The highest BCUT2D eigenvalue weighted by Crippen LogP contribution is 2.31. The zero-order chi connectivity index (χ0) is 15.6. The minimum absolute atomic E-state index is 0.172. The number of benzene rings is 2. The van der Waals surface area contributed by atoms with Crippen molar-refractivity contribution in [1.29, 1.82) is 0 Å². The summed E-state index contributed by atoms with van der Waals surface area (Å²) in [5, 5.41) is 0. The van der Waals surface area contributed by atoms with Gasteiger partial charge in [0, 0.05) is 5.69 Å². The van der Waals surface area contributed by atoms with Crippen molar-refractivity contribution < 1.29 is 22.7 Å². The lowest BCUT2D eigenvalue weighted by Gasteiger charge is -2.09. The summed E-state index contributed by atoms with van der Waals surface area (Å²) in [5.41, 5.74) is 6.18. The van der Waals surface area contributed by atoms with Crippen LogP contribution in [0.4, 0.5) is 18.9 Å². The first-order chi connectivity index (χ1) is 9.77. The van der Waals surface area contributed by atoms with E-state index < -0.39 is 17.7 Å². The van der Waals surface area contributed by atoms with E-state index in [0.29, 0.717) is 5.69 Å². The molecule has 0 spiro atoms. The molecule has 0 aliphatic heterocycles. The van der Waals surface area contributed by atoms with Gasteiger partial charge in [0.1, 0.15) is 5.75 Å². The lowest BCUT2D eigenvalue weighted by atomic mass is 10.1. The number of alkyl halides is 3. The maximum atomic E-state index is 12.6. The van der Waals surface area contributed by atoms with Gasteiger partial charge in [-0.3, -0.25) is 0 Å². The largest absolute Gasteiger partial charge is 0.423 e. The number of anilines is 1. The summed E-state index contributed by atoms with van der Waals surface area (Å²) in [6.07, 6.45) is -4.49. The highest BCUT2D eigenvalue weighted by molar-refractivity contribution is 5.92. The molecule has 21 heavy (non-hydrogen) atoms. The molecule has 0 fully saturated rings. The van der Waals surface area contributed by atoms with Crippen LogP contribution in [0, 0.1) is 6.92 Å². The fourth-order valence-corrected chi connectivity index (χ4v) is 1.67. The normalized spacial score (nSPS) is 11.2. The highest BCUT2D eigenvalue weighted by atomic mass is 19.4. The second-order valence-corrected chi connectivity index (χ2v) is 4.49. The number of esters is 1. The predicted octanol–water partition coefficient (Wildman–Crippen LogP) is 3.82. The van der Waals surface area contributed by atoms with Crippen LogP contribution >= 0.6 is 0 Å². The van der Waals surface area contributed by atoms with Crippen molar-refractivity contribution in [2.24, 2.45) is 0 Å². The molecule has 0 amide bonds. The SMILES string of the molecule is Cc1ccc(C(=O)Oc2cccc(C(F)(F)F)c2)cc1N. The lowest BCUT2D eigenvalue weighted by molar-refractivity contribution is -0.137. The van der Waals surface area contributed by atoms with Crippen LogP contribution in [0.25, 0.3) is 0 Å². The Bertz CT molecular complexity index is 681. The molecular formula is C15H12F3NO2. The van der Waals surface area contributed by atoms with Crippen molar-refractivity contribution in [2.75, 3.05) is 5.73 Å². The third kappa shape index (κ3) is 3.53. The molecule has 2 aromatic carbocycles. The van der Waals surface area contributed by atoms with Crippen LogP contribution in [0.5, 0.6) is 5.75 Å². The van der Waals surface area contributed by atoms with Crippen LogP contribution in [-0.2, 0) is 6.18 Å². The topological polar surface area (TPSA) is 52.3 Å². The average Bonchev–Trinajstić information content (AvgIpc) is 2.41. The number of hydrogen-bond donors (Lipinski definition) is 1. The summed E-state index contributed by atoms with van der Waals surface area (Å²) in [4.78, 5) is 11.9. The Morgan fingerprint density at radius 1 is 1.14 bits per heavy atom. The number of carbonyl (C=O) groups excluding carboxylic acids is 1. The summed E-state index contributed by atoms with van der Waals surface area (Å²) in [6, 6.07) is 8.70. The first kappa shape index (κ1) is 14.9. The van der Waals surface area contributed by atoms with Crippen molar-refractivity contribution in [2.45, 2.75) is 13.1 Å². The maximum absolute atomic E-state index is 12.6. The third-order valence-electron chi connectivity index (χ3n) is 2.89. The highest BCUT2D eigenvalue weighted by Gasteiger charge is 2.30. The van der Waals surface area contributed by atoms with Gasteiger partial charge < -0.3 is 10.5 Å². The molecule has 0 aromatic heterocycles. The summed E-state index contributed by atoms with van der Waals surface area (Å²) in [7, 11) is 0. The van der Waals surface area contributed by atoms with Crippen LogP contribution in [-0.4, -0.2) is 5.97 Å². The Kier molecular flexibility index (Phi) is 3.88. The molecule has 2 rings (SSSR count). The monoisotopic (exact) mass is 295 g/mol. The quantitative estimate of drug-likeness (QED) is 0.520. The maximum Gasteiger partial charge on any atom is 0.416 e. The Hall–Kier alpha value is -2.50. The number of hydrogen-bond acceptors (Lipinski definition) is 3. The Morgan fingerprint density at radius 2 is 1.86 bits per heavy atom. The fourth-order valence-electron chi connectivity index (χ4n) is 1.67. The van der Waals surface area contributed by atoms with E-state index in [2.05, 4.69) is 0 Å². The van der Waals surface area contributed by atoms with Crippen molar-refractivity contribution in [1.82, 2.24) is 0 Å². The van der Waals surface area contributed by atoms with E-state index in [-0.39, 0.29) is 11.3 Å². The van der Waals surface area contributed by atoms with Gasteiger partial charge >= 0.3 is 12.1 Å². The Labute approximate surface area is 119 Å². The number of aryl methyl sites for hydroxylation is 1. The molecule has 110 valence electrons. The zero-order valence-corrected chi connectivity index (χ0v) is 11.1. The summed E-state index contributed by atoms with van der Waals surface area (Å²) < 4.78 is 42.6. The average molecular weight is 295 g/mol. The molecule has 3 nitrogen and oxygen atoms in total. The van der Waals surface area contributed by atoms with Gasteiger partial charge in [-0.2, -0.15) is 13.2 Å². The standard InChI is InChI=1S/C15H12F3NO2/c1-9-5-6-10(7-13(9)19)14(20)21-12-4-2-3-11(8-12)15(16,17)18/h2-8H,19H2,1H3. The van der Waals surface area contributed by atoms with Crippen LogP contribution in [0.3, 0.4) is 0 Å². The van der Waals surface area contributed by atoms with E-state index in [1.165, 1.54) is 24.3 Å². The number of nitrogens with two attached hydrogens (primary N) is 1. The van der Waals surface area contributed by atoms with E-state index >= 15 is 0 Å². The van der Waals surface area contributed by atoms with Gasteiger partial charge in [0.2, 0.25) is 0 Å². The van der Waals surface area contributed by atoms with Gasteiger partial charge in [-0.25, -0.2) is 4.79 Å². The number of rotatable bonds is 2. The van der Waals surface area contributed by atoms with Crippen LogP contribution < -0.4 is 10.5 Å². The van der Waals surface area contributed by atoms with Crippen molar-refractivity contribution >= 4 is 11.7 Å². The van der Waals surface area contributed by atoms with E-state index in [0.717, 1.165) is 17.7 Å². The van der Waals surface area contributed by atoms with Crippen molar-refractivity contribution in [3.8, 4) is 5.75 Å².